The highest BCUT2D eigenvalue weighted by Gasteiger charge is 2.08. The fourth-order valence-electron chi connectivity index (χ4n) is 1.58. The van der Waals surface area contributed by atoms with Gasteiger partial charge in [0.25, 0.3) is 5.76 Å². The number of benzene rings is 1. The Kier molecular flexibility index (Phi) is 7.22. The van der Waals surface area contributed by atoms with Gasteiger partial charge in [0.15, 0.2) is 4.34 Å². The molecular formula is C12H14F2N4O2S4. The topological polar surface area (TPSA) is 98.0 Å². The fraction of sp³-hybridized carbons (Fsp3) is 0.333. The van der Waals surface area contributed by atoms with Crippen LogP contribution in [0.5, 0.6) is 0 Å². The van der Waals surface area contributed by atoms with Crippen LogP contribution in [0.3, 0.4) is 0 Å². The minimum atomic E-state index is -3.43. The maximum atomic E-state index is 12.3. The summed E-state index contributed by atoms with van der Waals surface area (Å²) in [6.07, 6.45) is 0.440. The Morgan fingerprint density at radius 3 is 2.58 bits per heavy atom. The van der Waals surface area contributed by atoms with Gasteiger partial charge in [0.1, 0.15) is 0 Å². The van der Waals surface area contributed by atoms with Crippen molar-refractivity contribution < 1.29 is 17.2 Å². The van der Waals surface area contributed by atoms with Crippen LogP contribution in [-0.2, 0) is 10.0 Å². The number of nitrogens with one attached hydrogen (secondary N) is 1. The summed E-state index contributed by atoms with van der Waals surface area (Å²) in [5.41, 5.74) is 0.718. The number of nitrogens with two attached hydrogens (primary N) is 1. The normalized spacial score (nSPS) is 11.8. The second kappa shape index (κ2) is 8.94. The van der Waals surface area contributed by atoms with Crippen LogP contribution in [0, 0.1) is 0 Å². The zero-order chi connectivity index (χ0) is 17.6. The maximum Gasteiger partial charge on any atom is 0.288 e. The van der Waals surface area contributed by atoms with E-state index in [0.29, 0.717) is 38.3 Å². The molecule has 0 saturated heterocycles. The lowest BCUT2D eigenvalue weighted by atomic mass is 10.3. The fourth-order valence-corrected chi connectivity index (χ4v) is 4.59. The van der Waals surface area contributed by atoms with Crippen LogP contribution in [0.25, 0.3) is 0 Å². The highest BCUT2D eigenvalue weighted by atomic mass is 32.2. The van der Waals surface area contributed by atoms with Gasteiger partial charge in [-0.05, 0) is 30.7 Å². The molecule has 12 heteroatoms. The number of alkyl halides is 2. The molecule has 0 spiro atoms. The van der Waals surface area contributed by atoms with Crippen molar-refractivity contribution >= 4 is 55.7 Å². The molecule has 0 radical (unpaired) electrons. The van der Waals surface area contributed by atoms with Gasteiger partial charge in [0.2, 0.25) is 15.2 Å². The molecule has 1 heterocycles. The zero-order valence-corrected chi connectivity index (χ0v) is 15.5. The van der Waals surface area contributed by atoms with E-state index in [-0.39, 0.29) is 5.75 Å². The van der Waals surface area contributed by atoms with E-state index in [1.165, 1.54) is 23.1 Å². The first kappa shape index (κ1) is 19.4. The first-order chi connectivity index (χ1) is 11.3. The number of sulfonamides is 1. The number of aromatic nitrogens is 2. The van der Waals surface area contributed by atoms with E-state index in [0.717, 1.165) is 5.69 Å². The number of nitrogens with zero attached hydrogens (tertiary/aromatic N) is 2. The molecule has 132 valence electrons. The van der Waals surface area contributed by atoms with Crippen LogP contribution in [0.15, 0.2) is 33.5 Å². The van der Waals surface area contributed by atoms with Crippen LogP contribution in [-0.4, -0.2) is 35.9 Å². The van der Waals surface area contributed by atoms with E-state index in [1.807, 2.05) is 0 Å². The molecule has 0 unspecified atom stereocenters. The van der Waals surface area contributed by atoms with Crippen molar-refractivity contribution in [2.45, 2.75) is 21.4 Å². The number of rotatable bonds is 9. The largest absolute Gasteiger partial charge is 0.330 e. The maximum absolute atomic E-state index is 12.3. The van der Waals surface area contributed by atoms with Gasteiger partial charge in [-0.3, -0.25) is 0 Å². The highest BCUT2D eigenvalue weighted by Crippen LogP contribution is 2.30. The lowest BCUT2D eigenvalue weighted by molar-refractivity contribution is 0.252. The lowest BCUT2D eigenvalue weighted by Crippen LogP contribution is -2.16. The Bertz CT molecular complexity index is 753. The zero-order valence-electron chi connectivity index (χ0n) is 12.2. The summed E-state index contributed by atoms with van der Waals surface area (Å²) in [7, 11) is -3.43. The van der Waals surface area contributed by atoms with Crippen molar-refractivity contribution in [1.29, 1.82) is 0 Å². The molecule has 0 bridgehead atoms. The summed E-state index contributed by atoms with van der Waals surface area (Å²) < 4.78 is 46.9. The predicted octanol–water partition coefficient (Wildman–Crippen LogP) is 3.37. The number of hydrogen-bond acceptors (Lipinski definition) is 8. The smallest absolute Gasteiger partial charge is 0.288 e. The van der Waals surface area contributed by atoms with Crippen LogP contribution >= 0.6 is 34.9 Å². The van der Waals surface area contributed by atoms with Gasteiger partial charge in [-0.25, -0.2) is 13.6 Å². The average Bonchev–Trinajstić information content (AvgIpc) is 2.92. The van der Waals surface area contributed by atoms with Crippen molar-refractivity contribution in [1.82, 2.24) is 10.2 Å². The average molecular weight is 413 g/mol. The summed E-state index contributed by atoms with van der Waals surface area (Å²) in [6.45, 7) is 0. The third kappa shape index (κ3) is 7.30. The van der Waals surface area contributed by atoms with Gasteiger partial charge in [-0.15, -0.1) is 10.2 Å². The minimum absolute atomic E-state index is 0.0626. The molecule has 0 saturated carbocycles. The standard InChI is InChI=1S/C12H14F2N4O2S4/c13-10(14)22-9-4-2-8(3-5-9)16-11-17-18-12(23-11)21-6-1-7-24(15,19)20/h2-5,10H,1,6-7H2,(H,16,17)(H2,15,19,20). The number of thioether (sulfide) groups is 2. The molecule has 0 atom stereocenters. The van der Waals surface area contributed by atoms with Gasteiger partial charge >= 0.3 is 0 Å². The third-order valence-electron chi connectivity index (χ3n) is 2.54. The Morgan fingerprint density at radius 1 is 1.25 bits per heavy atom. The molecule has 3 N–H and O–H groups in total. The van der Waals surface area contributed by atoms with Crippen LogP contribution in [0.2, 0.25) is 0 Å². The third-order valence-corrected chi connectivity index (χ3v) is 6.17. The van der Waals surface area contributed by atoms with Gasteiger partial charge in [-0.2, -0.15) is 8.78 Å². The van der Waals surface area contributed by atoms with Crippen LogP contribution < -0.4 is 10.5 Å². The van der Waals surface area contributed by atoms with Crippen LogP contribution in [0.4, 0.5) is 19.6 Å². The second-order valence-corrected chi connectivity index (χ2v) is 9.59. The summed E-state index contributed by atoms with van der Waals surface area (Å²) in [5, 5.41) is 16.5. The summed E-state index contributed by atoms with van der Waals surface area (Å²) >= 11 is 3.21. The van der Waals surface area contributed by atoms with Crippen molar-refractivity contribution in [3.05, 3.63) is 24.3 Å². The first-order valence-corrected chi connectivity index (χ1v) is 11.0. The van der Waals surface area contributed by atoms with E-state index in [9.17, 15) is 17.2 Å². The number of hydrogen-bond donors (Lipinski definition) is 2. The van der Waals surface area contributed by atoms with E-state index >= 15 is 0 Å². The monoisotopic (exact) mass is 412 g/mol. The molecule has 2 aromatic rings. The molecule has 0 aliphatic carbocycles. The Hall–Kier alpha value is -0.950. The van der Waals surface area contributed by atoms with Gasteiger partial charge in [0, 0.05) is 16.3 Å². The number of halogens is 2. The van der Waals surface area contributed by atoms with Crippen molar-refractivity contribution in [2.75, 3.05) is 16.8 Å². The van der Waals surface area contributed by atoms with Crippen molar-refractivity contribution in [2.24, 2.45) is 5.14 Å². The summed E-state index contributed by atoms with van der Waals surface area (Å²) in [6, 6.07) is 6.57. The quantitative estimate of drug-likeness (QED) is 0.481. The van der Waals surface area contributed by atoms with E-state index < -0.39 is 15.8 Å². The molecule has 0 fully saturated rings. The molecule has 1 aromatic carbocycles. The Morgan fingerprint density at radius 2 is 1.96 bits per heavy atom. The molecular weight excluding hydrogens is 398 g/mol. The van der Waals surface area contributed by atoms with Crippen molar-refractivity contribution in [3.8, 4) is 0 Å². The lowest BCUT2D eigenvalue weighted by Gasteiger charge is -2.03. The van der Waals surface area contributed by atoms with Gasteiger partial charge < -0.3 is 5.32 Å². The van der Waals surface area contributed by atoms with Gasteiger partial charge in [0.05, 0.1) is 5.75 Å². The molecule has 0 aliphatic rings. The van der Waals surface area contributed by atoms with E-state index in [1.54, 1.807) is 24.3 Å². The Balaban J connectivity index is 1.82. The summed E-state index contributed by atoms with van der Waals surface area (Å²) in [4.78, 5) is 0.485. The molecule has 2 rings (SSSR count). The molecule has 24 heavy (non-hydrogen) atoms. The Labute approximate surface area is 150 Å². The first-order valence-electron chi connectivity index (χ1n) is 6.60. The van der Waals surface area contributed by atoms with Gasteiger partial charge in [-0.1, -0.05) is 34.9 Å². The minimum Gasteiger partial charge on any atom is -0.330 e. The van der Waals surface area contributed by atoms with E-state index in [4.69, 9.17) is 5.14 Å². The molecule has 0 aliphatic heterocycles. The second-order valence-electron chi connectivity index (χ2n) is 4.47. The number of primary sulfonamides is 1. The molecule has 0 amide bonds. The highest BCUT2D eigenvalue weighted by molar-refractivity contribution is 8.01. The summed E-state index contributed by atoms with van der Waals surface area (Å²) in [5.74, 6) is -1.93. The van der Waals surface area contributed by atoms with Crippen LogP contribution in [0.1, 0.15) is 6.42 Å². The predicted molar refractivity (Wildman–Crippen MR) is 94.8 cm³/mol. The van der Waals surface area contributed by atoms with E-state index in [2.05, 4.69) is 15.5 Å². The molecule has 1 aromatic heterocycles. The number of anilines is 2. The SMILES string of the molecule is NS(=O)(=O)CCCSc1nnc(Nc2ccc(SC(F)F)cc2)s1. The molecule has 6 nitrogen and oxygen atoms in total. The van der Waals surface area contributed by atoms with Crippen molar-refractivity contribution in [3.63, 3.8) is 0 Å².